The molecule has 0 aromatic rings. The number of ether oxygens (including phenoxy) is 1. The zero-order valence-corrected chi connectivity index (χ0v) is 9.90. The predicted molar refractivity (Wildman–Crippen MR) is 61.2 cm³/mol. The van der Waals surface area contributed by atoms with Gasteiger partial charge in [-0.05, 0) is 25.2 Å². The Labute approximate surface area is 100 Å². The van der Waals surface area contributed by atoms with E-state index in [1.165, 1.54) is 7.11 Å². The molecule has 0 saturated heterocycles. The Hall–Kier alpha value is -1.65. The number of ketones is 1. The molecule has 1 unspecified atom stereocenters. The van der Waals surface area contributed by atoms with Crippen molar-refractivity contribution in [3.63, 3.8) is 0 Å². The maximum Gasteiger partial charge on any atom is 0.413 e. The number of allylic oxidation sites excluding steroid dienone is 1. The fourth-order valence-electron chi connectivity index (χ4n) is 2.18. The summed E-state index contributed by atoms with van der Waals surface area (Å²) in [5.41, 5.74) is 0. The molecular formula is C12H17NO4. The van der Waals surface area contributed by atoms with Crippen LogP contribution in [0.25, 0.3) is 0 Å². The summed E-state index contributed by atoms with van der Waals surface area (Å²) in [6.45, 7) is 3.62. The van der Waals surface area contributed by atoms with Crippen LogP contribution in [0.4, 0.5) is 4.79 Å². The number of carbonyl (C=O) groups is 3. The van der Waals surface area contributed by atoms with Gasteiger partial charge >= 0.3 is 6.09 Å². The average molecular weight is 239 g/mol. The van der Waals surface area contributed by atoms with Gasteiger partial charge in [-0.25, -0.2) is 4.79 Å². The number of methoxy groups -OCH3 is 1. The highest BCUT2D eigenvalue weighted by molar-refractivity contribution is 6.06. The maximum absolute atomic E-state index is 11.8. The van der Waals surface area contributed by atoms with Gasteiger partial charge in [0.2, 0.25) is 5.91 Å². The van der Waals surface area contributed by atoms with Gasteiger partial charge in [-0.15, -0.1) is 6.58 Å². The lowest BCUT2D eigenvalue weighted by Crippen LogP contribution is -2.44. The first-order valence-electron chi connectivity index (χ1n) is 5.62. The third-order valence-corrected chi connectivity index (χ3v) is 2.98. The van der Waals surface area contributed by atoms with E-state index in [4.69, 9.17) is 0 Å². The highest BCUT2D eigenvalue weighted by Crippen LogP contribution is 2.30. The molecule has 1 aliphatic rings. The molecule has 2 amide bonds. The van der Waals surface area contributed by atoms with Crippen molar-refractivity contribution < 1.29 is 19.1 Å². The molecule has 0 spiro atoms. The number of rotatable bonds is 3. The largest absolute Gasteiger partial charge is 0.453 e. The smallest absolute Gasteiger partial charge is 0.413 e. The summed E-state index contributed by atoms with van der Waals surface area (Å²) >= 11 is 0. The average Bonchev–Trinajstić information content (AvgIpc) is 2.29. The number of carbonyl (C=O) groups excluding carboxylic acids is 3. The van der Waals surface area contributed by atoms with Crippen molar-refractivity contribution in [3.05, 3.63) is 12.7 Å². The van der Waals surface area contributed by atoms with E-state index < -0.39 is 17.9 Å². The van der Waals surface area contributed by atoms with E-state index in [1.807, 2.05) is 0 Å². The summed E-state index contributed by atoms with van der Waals surface area (Å²) < 4.78 is 4.34. The van der Waals surface area contributed by atoms with Gasteiger partial charge in [0, 0.05) is 6.42 Å². The van der Waals surface area contributed by atoms with Gasteiger partial charge < -0.3 is 4.74 Å². The Morgan fingerprint density at radius 2 is 2.29 bits per heavy atom. The second-order valence-corrected chi connectivity index (χ2v) is 4.10. The minimum atomic E-state index is -0.828. The van der Waals surface area contributed by atoms with Crippen molar-refractivity contribution in [2.24, 2.45) is 11.8 Å². The molecule has 0 radical (unpaired) electrons. The third-order valence-electron chi connectivity index (χ3n) is 2.98. The van der Waals surface area contributed by atoms with Crippen LogP contribution in [0.15, 0.2) is 12.7 Å². The Morgan fingerprint density at radius 1 is 1.59 bits per heavy atom. The lowest BCUT2D eigenvalue weighted by Gasteiger charge is -2.28. The normalized spacial score (nSPS) is 23.9. The highest BCUT2D eigenvalue weighted by atomic mass is 16.5. The van der Waals surface area contributed by atoms with Crippen LogP contribution in [0.5, 0.6) is 0 Å². The van der Waals surface area contributed by atoms with Crippen LogP contribution in [-0.2, 0) is 14.3 Å². The molecule has 94 valence electrons. The van der Waals surface area contributed by atoms with Gasteiger partial charge in [0.25, 0.3) is 0 Å². The topological polar surface area (TPSA) is 72.5 Å². The number of hydrogen-bond donors (Lipinski definition) is 1. The van der Waals surface area contributed by atoms with Gasteiger partial charge in [0.1, 0.15) is 11.7 Å². The first-order valence-corrected chi connectivity index (χ1v) is 5.62. The van der Waals surface area contributed by atoms with Crippen LogP contribution in [0, 0.1) is 11.8 Å². The zero-order chi connectivity index (χ0) is 12.8. The fraction of sp³-hybridized carbons (Fsp3) is 0.583. The number of hydrogen-bond acceptors (Lipinski definition) is 4. The Balaban J connectivity index is 2.73. The molecular weight excluding hydrogens is 222 g/mol. The fourth-order valence-corrected chi connectivity index (χ4v) is 2.18. The molecule has 1 rings (SSSR count). The van der Waals surface area contributed by atoms with Crippen LogP contribution < -0.4 is 5.32 Å². The zero-order valence-electron chi connectivity index (χ0n) is 9.90. The summed E-state index contributed by atoms with van der Waals surface area (Å²) in [4.78, 5) is 34.5. The molecule has 1 aliphatic carbocycles. The summed E-state index contributed by atoms with van der Waals surface area (Å²) in [7, 11) is 1.17. The first-order chi connectivity index (χ1) is 8.10. The van der Waals surface area contributed by atoms with Crippen LogP contribution in [0.2, 0.25) is 0 Å². The summed E-state index contributed by atoms with van der Waals surface area (Å²) in [5.74, 6) is -1.47. The minimum Gasteiger partial charge on any atom is -0.453 e. The van der Waals surface area contributed by atoms with Crippen molar-refractivity contribution in [2.75, 3.05) is 7.11 Å². The SMILES string of the molecule is C=CC[C@H]1CCCC(=O)C1C(=O)NC(=O)OC. The van der Waals surface area contributed by atoms with Crippen molar-refractivity contribution in [1.82, 2.24) is 5.32 Å². The number of alkyl carbamates (subject to hydrolysis) is 1. The number of nitrogens with one attached hydrogen (secondary N) is 1. The lowest BCUT2D eigenvalue weighted by atomic mass is 9.76. The van der Waals surface area contributed by atoms with E-state index in [0.717, 1.165) is 12.8 Å². The summed E-state index contributed by atoms with van der Waals surface area (Å²) in [5, 5.41) is 2.06. The minimum absolute atomic E-state index is 0.0570. The number of imide groups is 1. The molecule has 2 atom stereocenters. The quantitative estimate of drug-likeness (QED) is 0.597. The summed E-state index contributed by atoms with van der Waals surface area (Å²) in [6.07, 6.45) is 3.46. The van der Waals surface area contributed by atoms with E-state index in [9.17, 15) is 14.4 Å². The van der Waals surface area contributed by atoms with Crippen LogP contribution in [0.3, 0.4) is 0 Å². The molecule has 0 aromatic heterocycles. The lowest BCUT2D eigenvalue weighted by molar-refractivity contribution is -0.137. The summed E-state index contributed by atoms with van der Waals surface area (Å²) in [6, 6.07) is 0. The molecule has 1 saturated carbocycles. The third kappa shape index (κ3) is 3.41. The van der Waals surface area contributed by atoms with E-state index in [-0.39, 0.29) is 11.7 Å². The molecule has 1 fully saturated rings. The molecule has 0 aromatic carbocycles. The Morgan fingerprint density at radius 3 is 2.88 bits per heavy atom. The second kappa shape index (κ2) is 6.18. The molecule has 1 N–H and O–H groups in total. The van der Waals surface area contributed by atoms with Crippen molar-refractivity contribution in [1.29, 1.82) is 0 Å². The van der Waals surface area contributed by atoms with E-state index >= 15 is 0 Å². The van der Waals surface area contributed by atoms with Crippen LogP contribution in [0.1, 0.15) is 25.7 Å². The van der Waals surface area contributed by atoms with Crippen molar-refractivity contribution in [3.8, 4) is 0 Å². The Bertz CT molecular complexity index is 337. The molecule has 0 heterocycles. The molecule has 17 heavy (non-hydrogen) atoms. The standard InChI is InChI=1S/C12H17NO4/c1-3-5-8-6-4-7-9(14)10(8)11(15)13-12(16)17-2/h3,8,10H,1,4-7H2,2H3,(H,13,15,16)/t8-,10?/m0/s1. The van der Waals surface area contributed by atoms with Gasteiger partial charge in [0.05, 0.1) is 7.11 Å². The molecule has 5 nitrogen and oxygen atoms in total. The van der Waals surface area contributed by atoms with E-state index in [0.29, 0.717) is 12.8 Å². The van der Waals surface area contributed by atoms with Gasteiger partial charge in [-0.3, -0.25) is 14.9 Å². The monoisotopic (exact) mass is 239 g/mol. The highest BCUT2D eigenvalue weighted by Gasteiger charge is 2.37. The van der Waals surface area contributed by atoms with E-state index in [1.54, 1.807) is 6.08 Å². The van der Waals surface area contributed by atoms with E-state index in [2.05, 4.69) is 16.6 Å². The Kier molecular flexibility index (Phi) is 4.87. The van der Waals surface area contributed by atoms with Crippen LogP contribution in [-0.4, -0.2) is 24.9 Å². The first kappa shape index (κ1) is 13.4. The second-order valence-electron chi connectivity index (χ2n) is 4.10. The van der Waals surface area contributed by atoms with Crippen molar-refractivity contribution >= 4 is 17.8 Å². The molecule has 0 aliphatic heterocycles. The predicted octanol–water partition coefficient (Wildman–Crippen LogP) is 1.43. The maximum atomic E-state index is 11.8. The van der Waals surface area contributed by atoms with Gasteiger partial charge in [-0.2, -0.15) is 0 Å². The molecule has 5 heteroatoms. The van der Waals surface area contributed by atoms with Gasteiger partial charge in [-0.1, -0.05) is 6.08 Å². The van der Waals surface area contributed by atoms with Crippen LogP contribution >= 0.6 is 0 Å². The number of amides is 2. The van der Waals surface area contributed by atoms with Crippen molar-refractivity contribution in [2.45, 2.75) is 25.7 Å². The van der Waals surface area contributed by atoms with Gasteiger partial charge in [0.15, 0.2) is 0 Å². The molecule has 0 bridgehead atoms. The number of Topliss-reactive ketones (excluding diaryl/α,β-unsaturated/α-hetero) is 1.